The van der Waals surface area contributed by atoms with Crippen molar-refractivity contribution >= 4 is 11.8 Å². The van der Waals surface area contributed by atoms with Crippen molar-refractivity contribution in [3.8, 4) is 5.75 Å². The second-order valence-corrected chi connectivity index (χ2v) is 10.9. The lowest BCUT2D eigenvalue weighted by atomic mass is 9.66. The summed E-state index contributed by atoms with van der Waals surface area (Å²) in [4.78, 5) is 26.2. The molecule has 0 saturated carbocycles. The number of allylic oxidation sites excluding steroid dienone is 3. The molecule has 0 aromatic heterocycles. The SMILES string of the molecule is CCCOc1c(C)cc(C(=O)C=CC2C(OC)=C(C)C(C(=O)OC(C)(C)C)=C(C)C2(C)C)cc1C. The summed E-state index contributed by atoms with van der Waals surface area (Å²) < 4.78 is 17.3. The maximum atomic E-state index is 13.1. The molecule has 5 nitrogen and oxygen atoms in total. The number of hydrogen-bond donors (Lipinski definition) is 0. The second-order valence-electron chi connectivity index (χ2n) is 10.9. The van der Waals surface area contributed by atoms with E-state index in [0.717, 1.165) is 34.4 Å². The Kier molecular flexibility index (Phi) is 8.80. The van der Waals surface area contributed by atoms with Crippen molar-refractivity contribution in [1.82, 2.24) is 0 Å². The molecule has 0 spiro atoms. The quantitative estimate of drug-likeness (QED) is 0.225. The van der Waals surface area contributed by atoms with Gasteiger partial charge in [0.05, 0.1) is 19.3 Å². The highest BCUT2D eigenvalue weighted by molar-refractivity contribution is 6.05. The first kappa shape index (κ1) is 28.4. The molecule has 192 valence electrons. The van der Waals surface area contributed by atoms with E-state index in [2.05, 4.69) is 20.8 Å². The molecular formula is C30H42O5. The summed E-state index contributed by atoms with van der Waals surface area (Å²) in [6.45, 7) is 20.2. The molecule has 1 unspecified atom stereocenters. The van der Waals surface area contributed by atoms with Crippen LogP contribution in [-0.2, 0) is 14.3 Å². The van der Waals surface area contributed by atoms with E-state index in [9.17, 15) is 9.59 Å². The molecule has 0 aliphatic heterocycles. The first-order chi connectivity index (χ1) is 16.2. The van der Waals surface area contributed by atoms with Crippen LogP contribution in [0.5, 0.6) is 5.75 Å². The van der Waals surface area contributed by atoms with Gasteiger partial charge in [-0.1, -0.05) is 32.4 Å². The largest absolute Gasteiger partial charge is 0.500 e. The van der Waals surface area contributed by atoms with Crippen molar-refractivity contribution in [3.63, 3.8) is 0 Å². The molecule has 0 amide bonds. The van der Waals surface area contributed by atoms with Gasteiger partial charge in [0.1, 0.15) is 17.1 Å². The Bertz CT molecular complexity index is 1050. The third-order valence-electron chi connectivity index (χ3n) is 6.60. The van der Waals surface area contributed by atoms with Crippen molar-refractivity contribution in [2.45, 2.75) is 81.3 Å². The van der Waals surface area contributed by atoms with Crippen LogP contribution in [0, 0.1) is 25.2 Å². The van der Waals surface area contributed by atoms with Crippen LogP contribution < -0.4 is 4.74 Å². The van der Waals surface area contributed by atoms with Crippen LogP contribution in [0.1, 0.15) is 83.3 Å². The fraction of sp³-hybridized carbons (Fsp3) is 0.533. The average Bonchev–Trinajstić information content (AvgIpc) is 2.73. The zero-order valence-electron chi connectivity index (χ0n) is 23.3. The summed E-state index contributed by atoms with van der Waals surface area (Å²) >= 11 is 0. The van der Waals surface area contributed by atoms with Crippen LogP contribution in [-0.4, -0.2) is 31.1 Å². The number of ketones is 1. The Balaban J connectivity index is 2.42. The molecule has 0 radical (unpaired) electrons. The highest BCUT2D eigenvalue weighted by Gasteiger charge is 2.42. The number of rotatable bonds is 8. The van der Waals surface area contributed by atoms with Gasteiger partial charge in [0.15, 0.2) is 5.78 Å². The lowest BCUT2D eigenvalue weighted by Gasteiger charge is -2.40. The average molecular weight is 483 g/mol. The molecule has 2 rings (SSSR count). The number of ether oxygens (including phenoxy) is 3. The van der Waals surface area contributed by atoms with E-state index >= 15 is 0 Å². The lowest BCUT2D eigenvalue weighted by molar-refractivity contribution is -0.149. The molecule has 0 N–H and O–H groups in total. The van der Waals surface area contributed by atoms with Gasteiger partial charge in [-0.2, -0.15) is 0 Å². The van der Waals surface area contributed by atoms with Crippen LogP contribution in [0.3, 0.4) is 0 Å². The molecule has 0 heterocycles. The molecular weight excluding hydrogens is 440 g/mol. The molecule has 1 atom stereocenters. The Labute approximate surface area is 211 Å². The van der Waals surface area contributed by atoms with E-state index in [1.165, 1.54) is 0 Å². The minimum Gasteiger partial charge on any atom is -0.500 e. The topological polar surface area (TPSA) is 61.8 Å². The van der Waals surface area contributed by atoms with Gasteiger partial charge in [-0.3, -0.25) is 4.79 Å². The van der Waals surface area contributed by atoms with Crippen molar-refractivity contribution in [1.29, 1.82) is 0 Å². The van der Waals surface area contributed by atoms with Gasteiger partial charge in [-0.15, -0.1) is 0 Å². The standard InChI is InChI=1S/C30H42O5/c1-12-15-34-26-18(2)16-22(17-19(26)3)24(31)14-13-23-27(33-11)20(4)25(21(5)30(23,9)10)28(32)35-29(6,7)8/h13-14,16-17,23H,12,15H2,1-11H3. The number of aryl methyl sites for hydroxylation is 2. The summed E-state index contributed by atoms with van der Waals surface area (Å²) in [5.41, 5.74) is 3.66. The second kappa shape index (κ2) is 10.8. The summed E-state index contributed by atoms with van der Waals surface area (Å²) in [7, 11) is 1.60. The van der Waals surface area contributed by atoms with E-state index in [1.54, 1.807) is 13.2 Å². The summed E-state index contributed by atoms with van der Waals surface area (Å²) in [6, 6.07) is 3.75. The number of methoxy groups -OCH3 is 1. The number of hydrogen-bond acceptors (Lipinski definition) is 5. The highest BCUT2D eigenvalue weighted by atomic mass is 16.6. The van der Waals surface area contributed by atoms with E-state index in [1.807, 2.05) is 66.7 Å². The Hall–Kier alpha value is -2.82. The molecule has 35 heavy (non-hydrogen) atoms. The Morgan fingerprint density at radius 2 is 1.63 bits per heavy atom. The number of carbonyl (C=O) groups is 2. The van der Waals surface area contributed by atoms with Gasteiger partial charge in [-0.25, -0.2) is 4.79 Å². The van der Waals surface area contributed by atoms with Crippen LogP contribution in [0.25, 0.3) is 0 Å². The number of esters is 1. The minimum atomic E-state index is -0.599. The minimum absolute atomic E-state index is 0.0817. The molecule has 0 fully saturated rings. The third-order valence-corrected chi connectivity index (χ3v) is 6.60. The summed E-state index contributed by atoms with van der Waals surface area (Å²) in [5, 5.41) is 0. The number of carbonyl (C=O) groups excluding carboxylic acids is 2. The lowest BCUT2D eigenvalue weighted by Crippen LogP contribution is -2.35. The highest BCUT2D eigenvalue weighted by Crippen LogP contribution is 2.48. The Morgan fingerprint density at radius 1 is 1.06 bits per heavy atom. The van der Waals surface area contributed by atoms with Gasteiger partial charge in [0.25, 0.3) is 0 Å². The maximum Gasteiger partial charge on any atom is 0.339 e. The zero-order chi connectivity index (χ0) is 26.7. The molecule has 0 bridgehead atoms. The smallest absolute Gasteiger partial charge is 0.339 e. The third kappa shape index (κ3) is 6.25. The summed E-state index contributed by atoms with van der Waals surface area (Å²) in [6.07, 6.45) is 4.44. The first-order valence-electron chi connectivity index (χ1n) is 12.3. The monoisotopic (exact) mass is 482 g/mol. The van der Waals surface area contributed by atoms with Gasteiger partial charge < -0.3 is 14.2 Å². The predicted molar refractivity (Wildman–Crippen MR) is 141 cm³/mol. The van der Waals surface area contributed by atoms with Gasteiger partial charge in [0, 0.05) is 17.1 Å². The zero-order valence-corrected chi connectivity index (χ0v) is 23.3. The van der Waals surface area contributed by atoms with Crippen LogP contribution in [0.2, 0.25) is 0 Å². The van der Waals surface area contributed by atoms with Crippen LogP contribution in [0.4, 0.5) is 0 Å². The van der Waals surface area contributed by atoms with Gasteiger partial charge in [0.2, 0.25) is 0 Å². The van der Waals surface area contributed by atoms with Crippen molar-refractivity contribution in [2.24, 2.45) is 11.3 Å². The summed E-state index contributed by atoms with van der Waals surface area (Å²) in [5.74, 6) is 0.862. The molecule has 5 heteroatoms. The van der Waals surface area contributed by atoms with Crippen molar-refractivity contribution in [3.05, 3.63) is 63.5 Å². The van der Waals surface area contributed by atoms with E-state index in [4.69, 9.17) is 14.2 Å². The van der Waals surface area contributed by atoms with Crippen molar-refractivity contribution in [2.75, 3.05) is 13.7 Å². The maximum absolute atomic E-state index is 13.1. The van der Waals surface area contributed by atoms with Crippen LogP contribution in [0.15, 0.2) is 46.8 Å². The van der Waals surface area contributed by atoms with Crippen LogP contribution >= 0.6 is 0 Å². The van der Waals surface area contributed by atoms with Gasteiger partial charge >= 0.3 is 5.97 Å². The number of benzene rings is 1. The van der Waals surface area contributed by atoms with E-state index in [-0.39, 0.29) is 17.7 Å². The molecule has 1 aromatic rings. The normalized spacial score (nSPS) is 18.2. The molecule has 1 aromatic carbocycles. The Morgan fingerprint density at radius 3 is 2.11 bits per heavy atom. The molecule has 1 aliphatic rings. The molecule has 1 aliphatic carbocycles. The predicted octanol–water partition coefficient (Wildman–Crippen LogP) is 7.07. The molecule has 0 saturated heterocycles. The fourth-order valence-electron chi connectivity index (χ4n) is 4.57. The fourth-order valence-corrected chi connectivity index (χ4v) is 4.57. The van der Waals surface area contributed by atoms with Gasteiger partial charge in [-0.05, 0) is 89.6 Å². The van der Waals surface area contributed by atoms with E-state index < -0.39 is 11.0 Å². The van der Waals surface area contributed by atoms with E-state index in [0.29, 0.717) is 23.5 Å². The van der Waals surface area contributed by atoms with Crippen molar-refractivity contribution < 1.29 is 23.8 Å². The first-order valence-corrected chi connectivity index (χ1v) is 12.3.